The highest BCUT2D eigenvalue weighted by Gasteiger charge is 2.30. The lowest BCUT2D eigenvalue weighted by Gasteiger charge is -2.30. The van der Waals surface area contributed by atoms with Crippen LogP contribution in [0.5, 0.6) is 5.75 Å². The molecule has 3 aromatic rings. The lowest BCUT2D eigenvalue weighted by atomic mass is 9.90. The highest BCUT2D eigenvalue weighted by Crippen LogP contribution is 2.33. The van der Waals surface area contributed by atoms with E-state index in [4.69, 9.17) is 4.74 Å². The van der Waals surface area contributed by atoms with Crippen molar-refractivity contribution in [1.82, 2.24) is 14.5 Å². The molecule has 0 radical (unpaired) electrons. The second-order valence-corrected chi connectivity index (χ2v) is 10.5. The van der Waals surface area contributed by atoms with E-state index in [2.05, 4.69) is 38.4 Å². The minimum atomic E-state index is -4.52. The molecule has 1 aromatic carbocycles. The maximum atomic E-state index is 14.6. The largest absolute Gasteiger partial charge is 0.494 e. The van der Waals surface area contributed by atoms with Gasteiger partial charge < -0.3 is 24.8 Å². The number of piperidine rings is 1. The highest BCUT2D eigenvalue weighted by molar-refractivity contribution is 5.94. The summed E-state index contributed by atoms with van der Waals surface area (Å²) in [5, 5.41) is 16.3. The topological polar surface area (TPSA) is 78.1 Å². The van der Waals surface area contributed by atoms with Gasteiger partial charge in [-0.05, 0) is 70.9 Å². The fourth-order valence-electron chi connectivity index (χ4n) is 4.68. The molecule has 3 heterocycles. The molecule has 0 spiro atoms. The van der Waals surface area contributed by atoms with E-state index < -0.39 is 24.0 Å². The van der Waals surface area contributed by atoms with Crippen LogP contribution in [0.1, 0.15) is 38.1 Å². The van der Waals surface area contributed by atoms with Crippen LogP contribution in [-0.4, -0.2) is 60.5 Å². The van der Waals surface area contributed by atoms with Crippen molar-refractivity contribution in [1.29, 1.82) is 5.26 Å². The molecule has 0 aliphatic carbocycles. The van der Waals surface area contributed by atoms with Crippen LogP contribution in [0.2, 0.25) is 0 Å². The Morgan fingerprint density at radius 2 is 1.85 bits per heavy atom. The molecule has 2 aromatic heterocycles. The van der Waals surface area contributed by atoms with Crippen molar-refractivity contribution in [2.24, 2.45) is 0 Å². The third-order valence-corrected chi connectivity index (χ3v) is 6.99. The summed E-state index contributed by atoms with van der Waals surface area (Å²) in [7, 11) is 3.52. The predicted octanol–water partition coefficient (Wildman–Crippen LogP) is 5.52. The summed E-state index contributed by atoms with van der Waals surface area (Å²) in [6, 6.07) is 7.97. The minimum Gasteiger partial charge on any atom is -0.494 e. The average Bonchev–Trinajstić information content (AvgIpc) is 3.23. The van der Waals surface area contributed by atoms with Gasteiger partial charge in [0.25, 0.3) is 0 Å². The van der Waals surface area contributed by atoms with Gasteiger partial charge in [0.05, 0.1) is 53.9 Å². The number of pyridine rings is 1. The molecule has 1 fully saturated rings. The zero-order valence-corrected chi connectivity index (χ0v) is 22.9. The van der Waals surface area contributed by atoms with Crippen molar-refractivity contribution >= 4 is 22.3 Å². The number of ether oxygens (including phenoxy) is 1. The molecule has 1 aliphatic rings. The average molecular weight is 557 g/mol. The molecular formula is C29H32F4N6O. The van der Waals surface area contributed by atoms with E-state index in [0.29, 0.717) is 28.2 Å². The summed E-state index contributed by atoms with van der Waals surface area (Å²) in [6.45, 7) is 4.05. The fourth-order valence-corrected chi connectivity index (χ4v) is 4.68. The highest BCUT2D eigenvalue weighted by atomic mass is 19.4. The van der Waals surface area contributed by atoms with Crippen LogP contribution in [-0.2, 0) is 12.0 Å². The second kappa shape index (κ2) is 11.6. The Balaban J connectivity index is 1.62. The Labute approximate surface area is 231 Å². The third kappa shape index (κ3) is 6.78. The first-order chi connectivity index (χ1) is 18.9. The smallest absolute Gasteiger partial charge is 0.406 e. The van der Waals surface area contributed by atoms with Crippen molar-refractivity contribution < 1.29 is 22.3 Å². The quantitative estimate of drug-likeness (QED) is 0.295. The molecule has 0 amide bonds. The number of nitrogens with zero attached hydrogens (tertiary/aromatic N) is 4. The summed E-state index contributed by atoms with van der Waals surface area (Å²) in [5.41, 5.74) is 0.975. The number of hydrogen-bond donors (Lipinski definition) is 2. The van der Waals surface area contributed by atoms with Gasteiger partial charge in [-0.2, -0.15) is 18.4 Å². The number of hydrogen-bond acceptors (Lipinski definition) is 6. The van der Waals surface area contributed by atoms with Gasteiger partial charge in [0.15, 0.2) is 0 Å². The van der Waals surface area contributed by atoms with Crippen LogP contribution in [0.15, 0.2) is 30.5 Å². The maximum Gasteiger partial charge on any atom is 0.406 e. The summed E-state index contributed by atoms with van der Waals surface area (Å²) < 4.78 is 61.6. The maximum absolute atomic E-state index is 14.6. The standard InChI is InChI=1S/C29H32F4N6O/c1-28(2,17-34)27-15-26(40-4)24(16-36-27)35-9-5-6-21-14-22-23(37-20-7-10-38(3)11-8-20)12-19(30)13-25(22)39(21)18-29(31,32)33/h12-16,20,35,37H,7-11,18H2,1-4H3. The molecule has 4 rings (SSSR count). The van der Waals surface area contributed by atoms with E-state index in [0.717, 1.165) is 36.6 Å². The number of alkyl halides is 3. The first-order valence-electron chi connectivity index (χ1n) is 12.9. The Hall–Kier alpha value is -3.96. The van der Waals surface area contributed by atoms with Crippen LogP contribution in [0.4, 0.5) is 28.9 Å². The molecule has 0 unspecified atom stereocenters. The van der Waals surface area contributed by atoms with E-state index in [-0.39, 0.29) is 23.8 Å². The number of rotatable bonds is 7. The number of nitriles is 1. The van der Waals surface area contributed by atoms with Gasteiger partial charge in [-0.1, -0.05) is 5.92 Å². The van der Waals surface area contributed by atoms with E-state index in [1.807, 2.05) is 7.05 Å². The molecule has 212 valence electrons. The Morgan fingerprint density at radius 3 is 2.50 bits per heavy atom. The lowest BCUT2D eigenvalue weighted by Crippen LogP contribution is -2.36. The summed E-state index contributed by atoms with van der Waals surface area (Å²) >= 11 is 0. The Bertz CT molecular complexity index is 1470. The number of anilines is 2. The second-order valence-electron chi connectivity index (χ2n) is 10.5. The number of nitrogens with one attached hydrogen (secondary N) is 2. The molecule has 11 heteroatoms. The molecular weight excluding hydrogens is 524 g/mol. The normalized spacial score (nSPS) is 14.9. The molecule has 1 saturated heterocycles. The van der Waals surface area contributed by atoms with E-state index >= 15 is 0 Å². The van der Waals surface area contributed by atoms with Gasteiger partial charge in [-0.25, -0.2) is 4.39 Å². The zero-order chi connectivity index (χ0) is 29.1. The summed E-state index contributed by atoms with van der Waals surface area (Å²) in [4.78, 5) is 6.53. The number of fused-ring (bicyclic) bond motifs is 1. The molecule has 40 heavy (non-hydrogen) atoms. The molecule has 1 aliphatic heterocycles. The van der Waals surface area contributed by atoms with Crippen molar-refractivity contribution in [2.75, 3.05) is 44.4 Å². The predicted molar refractivity (Wildman–Crippen MR) is 147 cm³/mol. The van der Waals surface area contributed by atoms with Crippen LogP contribution in [0.25, 0.3) is 10.9 Å². The Morgan fingerprint density at radius 1 is 1.12 bits per heavy atom. The van der Waals surface area contributed by atoms with Crippen molar-refractivity contribution in [3.63, 3.8) is 0 Å². The number of benzene rings is 1. The molecule has 7 nitrogen and oxygen atoms in total. The molecule has 0 saturated carbocycles. The van der Waals surface area contributed by atoms with Gasteiger partial charge in [0.2, 0.25) is 0 Å². The SMILES string of the molecule is COc1cc(C(C)(C)C#N)ncc1NCC#Cc1cc2c(NC3CCN(C)CC3)cc(F)cc2n1CC(F)(F)F. The van der Waals surface area contributed by atoms with Crippen LogP contribution in [0.3, 0.4) is 0 Å². The van der Waals surface area contributed by atoms with Gasteiger partial charge in [-0.3, -0.25) is 4.98 Å². The third-order valence-electron chi connectivity index (χ3n) is 6.99. The molecule has 2 N–H and O–H groups in total. The van der Waals surface area contributed by atoms with Gasteiger partial charge in [-0.15, -0.1) is 0 Å². The van der Waals surface area contributed by atoms with E-state index in [1.54, 1.807) is 26.0 Å². The van der Waals surface area contributed by atoms with Crippen molar-refractivity contribution in [3.05, 3.63) is 47.7 Å². The van der Waals surface area contributed by atoms with Gasteiger partial charge in [0, 0.05) is 23.2 Å². The summed E-state index contributed by atoms with van der Waals surface area (Å²) in [5.74, 6) is 5.53. The number of aromatic nitrogens is 2. The Kier molecular flexibility index (Phi) is 8.45. The minimum absolute atomic E-state index is 0.0850. The number of methoxy groups -OCH3 is 1. The van der Waals surface area contributed by atoms with E-state index in [1.165, 1.54) is 19.4 Å². The van der Waals surface area contributed by atoms with Crippen LogP contribution >= 0.6 is 0 Å². The first kappa shape index (κ1) is 29.0. The first-order valence-corrected chi connectivity index (χ1v) is 12.9. The molecule has 0 bridgehead atoms. The van der Waals surface area contributed by atoms with Crippen LogP contribution < -0.4 is 15.4 Å². The van der Waals surface area contributed by atoms with Gasteiger partial charge in [0.1, 0.15) is 18.1 Å². The van der Waals surface area contributed by atoms with Gasteiger partial charge >= 0.3 is 6.18 Å². The zero-order valence-electron chi connectivity index (χ0n) is 22.9. The van der Waals surface area contributed by atoms with E-state index in [9.17, 15) is 22.8 Å². The number of halogens is 4. The van der Waals surface area contributed by atoms with Crippen molar-refractivity contribution in [3.8, 4) is 23.7 Å². The summed E-state index contributed by atoms with van der Waals surface area (Å²) in [6.07, 6.45) is -1.29. The lowest BCUT2D eigenvalue weighted by molar-refractivity contribution is -0.140. The fraction of sp³-hybridized carbons (Fsp3) is 0.448. The van der Waals surface area contributed by atoms with Crippen LogP contribution in [0, 0.1) is 29.0 Å². The van der Waals surface area contributed by atoms with Crippen molar-refractivity contribution in [2.45, 2.75) is 50.9 Å². The molecule has 0 atom stereocenters. The monoisotopic (exact) mass is 556 g/mol. The number of likely N-dealkylation sites (tertiary alicyclic amines) is 1.